The number of fused-ring (bicyclic) bond motifs is 1. The lowest BCUT2D eigenvalue weighted by Crippen LogP contribution is -2.44. The topological polar surface area (TPSA) is 52.7 Å². The van der Waals surface area contributed by atoms with Gasteiger partial charge in [-0.3, -0.25) is 9.59 Å². The van der Waals surface area contributed by atoms with Gasteiger partial charge in [-0.15, -0.1) is 11.8 Å². The highest BCUT2D eigenvalue weighted by Crippen LogP contribution is 2.34. The van der Waals surface area contributed by atoms with E-state index in [9.17, 15) is 9.59 Å². The lowest BCUT2D eigenvalue weighted by molar-refractivity contribution is -0.123. The summed E-state index contributed by atoms with van der Waals surface area (Å²) in [5, 5.41) is 3.00. The van der Waals surface area contributed by atoms with E-state index in [0.29, 0.717) is 12.3 Å². The van der Waals surface area contributed by atoms with Gasteiger partial charge in [-0.2, -0.15) is 0 Å². The Bertz CT molecular complexity index is 881. The zero-order valence-electron chi connectivity index (χ0n) is 18.0. The minimum Gasteiger partial charge on any atom is -0.355 e. The first-order chi connectivity index (χ1) is 15.2. The maximum Gasteiger partial charge on any atom is 0.240 e. The Kier molecular flexibility index (Phi) is 7.65. The molecule has 0 atom stereocenters. The predicted octanol–water partition coefficient (Wildman–Crippen LogP) is 3.59. The van der Waals surface area contributed by atoms with Crippen LogP contribution in [0.2, 0.25) is 0 Å². The third-order valence-corrected chi connectivity index (χ3v) is 7.21. The summed E-state index contributed by atoms with van der Waals surface area (Å²) in [6, 6.07) is 18.6. The van der Waals surface area contributed by atoms with Crippen LogP contribution < -0.4 is 10.2 Å². The van der Waals surface area contributed by atoms with Gasteiger partial charge in [0.05, 0.1) is 11.4 Å². The number of amides is 2. The van der Waals surface area contributed by atoms with E-state index >= 15 is 0 Å². The molecule has 1 fully saturated rings. The number of piperidine rings is 1. The summed E-state index contributed by atoms with van der Waals surface area (Å²) in [5.41, 5.74) is 2.29. The fourth-order valence-electron chi connectivity index (χ4n) is 4.42. The van der Waals surface area contributed by atoms with E-state index in [1.807, 2.05) is 24.3 Å². The van der Waals surface area contributed by atoms with Crippen LogP contribution in [0.1, 0.15) is 24.8 Å². The van der Waals surface area contributed by atoms with E-state index in [-0.39, 0.29) is 18.4 Å². The second-order valence-corrected chi connectivity index (χ2v) is 9.43. The lowest BCUT2D eigenvalue weighted by atomic mass is 9.90. The number of hydrogen-bond acceptors (Lipinski definition) is 4. The Labute approximate surface area is 189 Å². The standard InChI is InChI=1S/C25H31N3O2S/c29-24(18-28-22-9-4-5-10-23(22)31-19-25(28)30)26-13-6-14-27-15-11-21(12-16-27)17-20-7-2-1-3-8-20/h1-5,7-10,21H,6,11-19H2,(H,26,29). The number of carbonyl (C=O) groups excluding carboxylic acids is 2. The van der Waals surface area contributed by atoms with Crippen molar-refractivity contribution in [3.05, 3.63) is 60.2 Å². The fraction of sp³-hybridized carbons (Fsp3) is 0.440. The summed E-state index contributed by atoms with van der Waals surface area (Å²) >= 11 is 1.54. The Morgan fingerprint density at radius 3 is 2.58 bits per heavy atom. The highest BCUT2D eigenvalue weighted by atomic mass is 32.2. The molecule has 1 N–H and O–H groups in total. The van der Waals surface area contributed by atoms with Crippen molar-refractivity contribution in [3.63, 3.8) is 0 Å². The zero-order valence-corrected chi connectivity index (χ0v) is 18.8. The van der Waals surface area contributed by atoms with E-state index < -0.39 is 0 Å². The van der Waals surface area contributed by atoms with Crippen LogP contribution in [0.4, 0.5) is 5.69 Å². The molecule has 0 saturated carbocycles. The molecule has 0 aliphatic carbocycles. The molecule has 2 aliphatic heterocycles. The number of nitrogens with zero attached hydrogens (tertiary/aromatic N) is 2. The highest BCUT2D eigenvalue weighted by Gasteiger charge is 2.26. The van der Waals surface area contributed by atoms with Gasteiger partial charge in [0.15, 0.2) is 0 Å². The van der Waals surface area contributed by atoms with Crippen LogP contribution >= 0.6 is 11.8 Å². The number of carbonyl (C=O) groups is 2. The van der Waals surface area contributed by atoms with Crippen molar-refractivity contribution in [2.24, 2.45) is 5.92 Å². The number of benzene rings is 2. The van der Waals surface area contributed by atoms with Gasteiger partial charge in [0.25, 0.3) is 0 Å². The Morgan fingerprint density at radius 1 is 1.03 bits per heavy atom. The molecule has 2 aromatic rings. The second-order valence-electron chi connectivity index (χ2n) is 8.41. The normalized spacial score (nSPS) is 17.4. The summed E-state index contributed by atoms with van der Waals surface area (Å²) < 4.78 is 0. The number of hydrogen-bond donors (Lipinski definition) is 1. The van der Waals surface area contributed by atoms with Gasteiger partial charge in [0, 0.05) is 11.4 Å². The molecule has 164 valence electrons. The van der Waals surface area contributed by atoms with E-state index in [4.69, 9.17) is 0 Å². The van der Waals surface area contributed by atoms with Gasteiger partial charge in [-0.25, -0.2) is 0 Å². The maximum atomic E-state index is 12.4. The molecule has 0 unspecified atom stereocenters. The molecular weight excluding hydrogens is 406 g/mol. The van der Waals surface area contributed by atoms with Gasteiger partial charge in [-0.05, 0) is 68.9 Å². The SMILES string of the molecule is O=C(CN1C(=O)CSc2ccccc21)NCCCN1CCC(Cc2ccccc2)CC1. The van der Waals surface area contributed by atoms with Crippen molar-refractivity contribution in [2.75, 3.05) is 43.4 Å². The third kappa shape index (κ3) is 6.11. The average Bonchev–Trinajstić information content (AvgIpc) is 2.80. The summed E-state index contributed by atoms with van der Waals surface area (Å²) in [5.74, 6) is 1.08. The predicted molar refractivity (Wildman–Crippen MR) is 126 cm³/mol. The first-order valence-corrected chi connectivity index (χ1v) is 12.2. The number of rotatable bonds is 8. The average molecular weight is 438 g/mol. The van der Waals surface area contributed by atoms with Crippen LogP contribution in [-0.2, 0) is 16.0 Å². The van der Waals surface area contributed by atoms with Crippen LogP contribution in [0.25, 0.3) is 0 Å². The molecular formula is C25H31N3O2S. The molecule has 31 heavy (non-hydrogen) atoms. The molecule has 0 bridgehead atoms. The monoisotopic (exact) mass is 437 g/mol. The molecule has 2 aromatic carbocycles. The molecule has 5 nitrogen and oxygen atoms in total. The molecule has 6 heteroatoms. The zero-order chi connectivity index (χ0) is 21.5. The van der Waals surface area contributed by atoms with Gasteiger partial charge in [-0.1, -0.05) is 42.5 Å². The van der Waals surface area contributed by atoms with Crippen LogP contribution in [-0.4, -0.2) is 55.2 Å². The summed E-state index contributed by atoms with van der Waals surface area (Å²) in [6.07, 6.45) is 4.61. The molecule has 2 amide bonds. The van der Waals surface area contributed by atoms with Gasteiger partial charge in [0.2, 0.25) is 11.8 Å². The van der Waals surface area contributed by atoms with Crippen molar-refractivity contribution < 1.29 is 9.59 Å². The van der Waals surface area contributed by atoms with E-state index in [1.165, 1.54) is 36.6 Å². The Hall–Kier alpha value is -2.31. The van der Waals surface area contributed by atoms with Gasteiger partial charge < -0.3 is 15.1 Å². The van der Waals surface area contributed by atoms with Crippen LogP contribution in [0.5, 0.6) is 0 Å². The fourth-order valence-corrected chi connectivity index (χ4v) is 5.35. The third-order valence-electron chi connectivity index (χ3n) is 6.16. The van der Waals surface area contributed by atoms with Crippen molar-refractivity contribution in [1.82, 2.24) is 10.2 Å². The largest absolute Gasteiger partial charge is 0.355 e. The van der Waals surface area contributed by atoms with Crippen molar-refractivity contribution in [2.45, 2.75) is 30.6 Å². The number of anilines is 1. The second kappa shape index (κ2) is 10.8. The summed E-state index contributed by atoms with van der Waals surface area (Å²) in [6.45, 7) is 4.05. The van der Waals surface area contributed by atoms with Crippen LogP contribution in [0, 0.1) is 5.92 Å². The van der Waals surface area contributed by atoms with Gasteiger partial charge in [0.1, 0.15) is 6.54 Å². The summed E-state index contributed by atoms with van der Waals surface area (Å²) in [4.78, 5) is 29.9. The van der Waals surface area contributed by atoms with E-state index in [0.717, 1.165) is 42.6 Å². The molecule has 4 rings (SSSR count). The molecule has 0 radical (unpaired) electrons. The minimum absolute atomic E-state index is 0.00257. The molecule has 0 aromatic heterocycles. The number of thioether (sulfide) groups is 1. The minimum atomic E-state index is -0.0865. The smallest absolute Gasteiger partial charge is 0.240 e. The van der Waals surface area contributed by atoms with E-state index in [2.05, 4.69) is 40.5 Å². The summed E-state index contributed by atoms with van der Waals surface area (Å²) in [7, 11) is 0. The Morgan fingerprint density at radius 2 is 1.77 bits per heavy atom. The number of para-hydroxylation sites is 1. The van der Waals surface area contributed by atoms with Crippen LogP contribution in [0.3, 0.4) is 0 Å². The van der Waals surface area contributed by atoms with Crippen molar-refractivity contribution in [3.8, 4) is 0 Å². The van der Waals surface area contributed by atoms with Crippen molar-refractivity contribution >= 4 is 29.3 Å². The van der Waals surface area contributed by atoms with Gasteiger partial charge >= 0.3 is 0 Å². The van der Waals surface area contributed by atoms with Crippen LogP contribution in [0.15, 0.2) is 59.5 Å². The van der Waals surface area contributed by atoms with E-state index in [1.54, 1.807) is 4.90 Å². The molecule has 2 heterocycles. The highest BCUT2D eigenvalue weighted by molar-refractivity contribution is 8.00. The molecule has 1 saturated heterocycles. The maximum absolute atomic E-state index is 12.4. The molecule has 2 aliphatic rings. The first kappa shape index (κ1) is 21.9. The quantitative estimate of drug-likeness (QED) is 0.642. The Balaban J connectivity index is 1.13. The van der Waals surface area contributed by atoms with Crippen molar-refractivity contribution in [1.29, 1.82) is 0 Å². The molecule has 0 spiro atoms. The number of nitrogens with one attached hydrogen (secondary N) is 1. The number of likely N-dealkylation sites (tertiary alicyclic amines) is 1. The first-order valence-electron chi connectivity index (χ1n) is 11.2. The lowest BCUT2D eigenvalue weighted by Gasteiger charge is -2.32.